The summed E-state index contributed by atoms with van der Waals surface area (Å²) in [5.74, 6) is 0.0965. The Morgan fingerprint density at radius 3 is 3.15 bits per heavy atom. The molecule has 0 aromatic carbocycles. The van der Waals surface area contributed by atoms with Crippen molar-refractivity contribution >= 4 is 17.7 Å². The molecule has 1 N–H and O–H groups in total. The topological polar surface area (TPSA) is 81.9 Å². The Morgan fingerprint density at radius 2 is 2.30 bits per heavy atom. The lowest BCUT2D eigenvalue weighted by Gasteiger charge is -2.13. The van der Waals surface area contributed by atoms with Crippen molar-refractivity contribution in [1.82, 2.24) is 25.5 Å². The van der Waals surface area contributed by atoms with Crippen LogP contribution in [0.4, 0.5) is 0 Å². The second-order valence-corrected chi connectivity index (χ2v) is 6.34. The summed E-state index contributed by atoms with van der Waals surface area (Å²) in [6.07, 6.45) is 5.32. The fraction of sp³-hybridized carbons (Fsp3) is 0.833. The molecule has 0 unspecified atom stereocenters. The third-order valence-electron chi connectivity index (χ3n) is 3.63. The number of nitrogens with zero attached hydrogens (tertiary/aromatic N) is 4. The van der Waals surface area contributed by atoms with Gasteiger partial charge in [-0.25, -0.2) is 4.68 Å². The molecule has 0 radical (unpaired) electrons. The Labute approximate surface area is 121 Å². The molecule has 0 bridgehead atoms. The van der Waals surface area contributed by atoms with E-state index in [1.807, 2.05) is 0 Å². The monoisotopic (exact) mass is 297 g/mol. The van der Waals surface area contributed by atoms with Gasteiger partial charge in [-0.05, 0) is 36.1 Å². The second kappa shape index (κ2) is 6.53. The van der Waals surface area contributed by atoms with Crippen molar-refractivity contribution in [3.63, 3.8) is 0 Å². The number of ether oxygens (including phenoxy) is 1. The van der Waals surface area contributed by atoms with Crippen LogP contribution in [0.1, 0.15) is 32.1 Å². The first-order chi connectivity index (χ1) is 9.83. The summed E-state index contributed by atoms with van der Waals surface area (Å²) < 4.78 is 7.37. The number of carbonyl (C=O) groups excluding carboxylic acids is 1. The van der Waals surface area contributed by atoms with Crippen LogP contribution < -0.4 is 5.32 Å². The van der Waals surface area contributed by atoms with Crippen molar-refractivity contribution in [3.8, 4) is 0 Å². The number of thioether (sulfide) groups is 1. The Morgan fingerprint density at radius 1 is 1.35 bits per heavy atom. The first-order valence-electron chi connectivity index (χ1n) is 7.15. The van der Waals surface area contributed by atoms with Gasteiger partial charge in [0.15, 0.2) is 0 Å². The van der Waals surface area contributed by atoms with Crippen LogP contribution >= 0.6 is 11.8 Å². The summed E-state index contributed by atoms with van der Waals surface area (Å²) in [5, 5.41) is 15.4. The lowest BCUT2D eigenvalue weighted by Crippen LogP contribution is -2.31. The minimum absolute atomic E-state index is 0.0910. The highest BCUT2D eigenvalue weighted by atomic mass is 32.2. The molecular weight excluding hydrogens is 278 g/mol. The van der Waals surface area contributed by atoms with Gasteiger partial charge in [0.05, 0.1) is 17.9 Å². The zero-order chi connectivity index (χ0) is 13.8. The van der Waals surface area contributed by atoms with Gasteiger partial charge in [-0.2, -0.15) is 0 Å². The van der Waals surface area contributed by atoms with Crippen LogP contribution in [0.25, 0.3) is 0 Å². The van der Waals surface area contributed by atoms with Gasteiger partial charge in [0, 0.05) is 13.2 Å². The Hall–Kier alpha value is -1.15. The molecule has 3 heterocycles. The summed E-state index contributed by atoms with van der Waals surface area (Å²) >= 11 is 1.46. The van der Waals surface area contributed by atoms with E-state index in [1.165, 1.54) is 11.8 Å². The van der Waals surface area contributed by atoms with Crippen LogP contribution in [0.15, 0.2) is 5.16 Å². The molecule has 2 saturated heterocycles. The van der Waals surface area contributed by atoms with Gasteiger partial charge < -0.3 is 10.1 Å². The number of aromatic nitrogens is 4. The summed E-state index contributed by atoms with van der Waals surface area (Å²) in [6.45, 7) is 2.26. The highest BCUT2D eigenvalue weighted by molar-refractivity contribution is 8.00. The third-order valence-corrected chi connectivity index (χ3v) is 4.87. The fourth-order valence-corrected chi connectivity index (χ4v) is 3.57. The number of amides is 1. The molecule has 8 heteroatoms. The molecule has 20 heavy (non-hydrogen) atoms. The average molecular weight is 297 g/mol. The summed E-state index contributed by atoms with van der Waals surface area (Å²) in [5.41, 5.74) is 0. The fourth-order valence-electron chi connectivity index (χ4n) is 2.53. The molecule has 110 valence electrons. The summed E-state index contributed by atoms with van der Waals surface area (Å²) in [6, 6.07) is 0. The molecular formula is C12H19N5O2S. The number of nitrogens with one attached hydrogen (secondary N) is 1. The third kappa shape index (κ3) is 3.29. The van der Waals surface area contributed by atoms with E-state index in [4.69, 9.17) is 4.74 Å². The predicted octanol–water partition coefficient (Wildman–Crippen LogP) is 0.613. The van der Waals surface area contributed by atoms with Crippen molar-refractivity contribution in [2.24, 2.45) is 0 Å². The highest BCUT2D eigenvalue weighted by Gasteiger charge is 2.25. The summed E-state index contributed by atoms with van der Waals surface area (Å²) in [4.78, 5) is 12.0. The maximum absolute atomic E-state index is 12.0. The van der Waals surface area contributed by atoms with E-state index < -0.39 is 0 Å². The zero-order valence-corrected chi connectivity index (χ0v) is 12.1. The molecule has 0 spiro atoms. The van der Waals surface area contributed by atoms with Gasteiger partial charge >= 0.3 is 0 Å². The largest absolute Gasteiger partial charge is 0.376 e. The van der Waals surface area contributed by atoms with E-state index in [2.05, 4.69) is 20.8 Å². The SMILES string of the molecule is O=C1NCCCC[C@@H]1Sc1nnnn1C[C@@H]1CCCO1. The van der Waals surface area contributed by atoms with Crippen LogP contribution in [0, 0.1) is 0 Å². The normalized spacial score (nSPS) is 27.3. The van der Waals surface area contributed by atoms with Crippen molar-refractivity contribution in [3.05, 3.63) is 0 Å². The molecule has 2 atom stereocenters. The number of hydrogen-bond donors (Lipinski definition) is 1. The van der Waals surface area contributed by atoms with Crippen molar-refractivity contribution in [2.45, 2.75) is 55.2 Å². The molecule has 2 fully saturated rings. The van der Waals surface area contributed by atoms with Crippen molar-refractivity contribution in [1.29, 1.82) is 0 Å². The predicted molar refractivity (Wildman–Crippen MR) is 73.3 cm³/mol. The van der Waals surface area contributed by atoms with E-state index in [0.717, 1.165) is 45.3 Å². The van der Waals surface area contributed by atoms with Gasteiger partial charge in [0.2, 0.25) is 11.1 Å². The number of tetrazole rings is 1. The minimum atomic E-state index is -0.0910. The molecule has 1 amide bonds. The lowest BCUT2D eigenvalue weighted by molar-refractivity contribution is -0.120. The minimum Gasteiger partial charge on any atom is -0.376 e. The Balaban J connectivity index is 1.64. The van der Waals surface area contributed by atoms with Gasteiger partial charge in [-0.1, -0.05) is 18.2 Å². The van der Waals surface area contributed by atoms with Crippen LogP contribution in [-0.4, -0.2) is 50.6 Å². The summed E-state index contributed by atoms with van der Waals surface area (Å²) in [7, 11) is 0. The highest BCUT2D eigenvalue weighted by Crippen LogP contribution is 2.26. The average Bonchev–Trinajstić information content (AvgIpc) is 3.05. The van der Waals surface area contributed by atoms with Crippen molar-refractivity contribution < 1.29 is 9.53 Å². The first kappa shape index (κ1) is 13.8. The quantitative estimate of drug-likeness (QED) is 0.877. The van der Waals surface area contributed by atoms with Gasteiger partial charge in [0.25, 0.3) is 0 Å². The molecule has 3 rings (SSSR count). The van der Waals surface area contributed by atoms with Crippen LogP contribution in [0.5, 0.6) is 0 Å². The first-order valence-corrected chi connectivity index (χ1v) is 8.03. The molecule has 1 aromatic rings. The maximum Gasteiger partial charge on any atom is 0.233 e. The van der Waals surface area contributed by atoms with Gasteiger partial charge in [-0.3, -0.25) is 4.79 Å². The molecule has 7 nitrogen and oxygen atoms in total. The molecule has 1 aromatic heterocycles. The van der Waals surface area contributed by atoms with E-state index >= 15 is 0 Å². The van der Waals surface area contributed by atoms with E-state index in [0.29, 0.717) is 11.7 Å². The lowest BCUT2D eigenvalue weighted by atomic mass is 10.2. The number of hydrogen-bond acceptors (Lipinski definition) is 6. The van der Waals surface area contributed by atoms with E-state index in [9.17, 15) is 4.79 Å². The maximum atomic E-state index is 12.0. The van der Waals surface area contributed by atoms with E-state index in [-0.39, 0.29) is 17.3 Å². The second-order valence-electron chi connectivity index (χ2n) is 5.17. The molecule has 2 aliphatic heterocycles. The van der Waals surface area contributed by atoms with Gasteiger partial charge in [0.1, 0.15) is 0 Å². The number of carbonyl (C=O) groups is 1. The Kier molecular flexibility index (Phi) is 4.51. The Bertz CT molecular complexity index is 460. The molecule has 0 saturated carbocycles. The standard InChI is InChI=1S/C12H19N5O2S/c18-11-10(5-1-2-6-13-11)20-12-14-15-16-17(12)8-9-4-3-7-19-9/h9-10H,1-8H2,(H,13,18)/t9-,10-/m0/s1. The number of rotatable bonds is 4. The molecule has 2 aliphatic rings. The van der Waals surface area contributed by atoms with E-state index in [1.54, 1.807) is 4.68 Å². The van der Waals surface area contributed by atoms with Crippen molar-refractivity contribution in [2.75, 3.05) is 13.2 Å². The van der Waals surface area contributed by atoms with Crippen LogP contribution in [0.3, 0.4) is 0 Å². The molecule has 0 aliphatic carbocycles. The van der Waals surface area contributed by atoms with Crippen LogP contribution in [0.2, 0.25) is 0 Å². The van der Waals surface area contributed by atoms with Gasteiger partial charge in [-0.15, -0.1) is 5.10 Å². The van der Waals surface area contributed by atoms with Crippen LogP contribution in [-0.2, 0) is 16.1 Å². The smallest absolute Gasteiger partial charge is 0.233 e. The zero-order valence-electron chi connectivity index (χ0n) is 11.3.